The maximum Gasteiger partial charge on any atom is 0.162 e. The third kappa shape index (κ3) is 2.03. The minimum absolute atomic E-state index is 0.356. The van der Waals surface area contributed by atoms with Gasteiger partial charge in [-0.2, -0.15) is 0 Å². The van der Waals surface area contributed by atoms with Crippen molar-refractivity contribution in [2.24, 2.45) is 17.8 Å². The van der Waals surface area contributed by atoms with E-state index >= 15 is 0 Å². The van der Waals surface area contributed by atoms with Gasteiger partial charge in [0.15, 0.2) is 5.78 Å². The minimum atomic E-state index is 0.356. The molecular formula is C16H24ClNO. The molecule has 2 fully saturated rings. The highest BCUT2D eigenvalue weighted by atomic mass is 35.5. The summed E-state index contributed by atoms with van der Waals surface area (Å²) in [5, 5.41) is 0.356. The van der Waals surface area contributed by atoms with Crippen LogP contribution in [0.1, 0.15) is 46.5 Å². The first-order chi connectivity index (χ1) is 9.00. The second-order valence-corrected chi connectivity index (χ2v) is 7.28. The molecule has 5 atom stereocenters. The molecule has 2 nitrogen and oxygen atoms in total. The zero-order valence-corrected chi connectivity index (χ0v) is 12.9. The van der Waals surface area contributed by atoms with Gasteiger partial charge >= 0.3 is 0 Å². The predicted octanol–water partition coefficient (Wildman–Crippen LogP) is 3.60. The van der Waals surface area contributed by atoms with Crippen LogP contribution in [0, 0.1) is 17.8 Å². The van der Waals surface area contributed by atoms with Crippen LogP contribution >= 0.6 is 11.6 Å². The summed E-state index contributed by atoms with van der Waals surface area (Å²) in [6, 6.07) is 0.624. The van der Waals surface area contributed by atoms with Crippen LogP contribution in [-0.2, 0) is 4.79 Å². The Morgan fingerprint density at radius 1 is 1.26 bits per heavy atom. The first kappa shape index (κ1) is 13.5. The quantitative estimate of drug-likeness (QED) is 0.633. The SMILES string of the molecule is CC1=C2C(C)C(C)C3CC(Cl)CCC3N2CCC1=O. The number of carbonyl (C=O) groups excluding carboxylic acids is 1. The van der Waals surface area contributed by atoms with Crippen molar-refractivity contribution in [3.05, 3.63) is 11.3 Å². The van der Waals surface area contributed by atoms with Crippen LogP contribution in [0.15, 0.2) is 11.3 Å². The number of rotatable bonds is 0. The highest BCUT2D eigenvalue weighted by molar-refractivity contribution is 6.20. The molecule has 1 saturated heterocycles. The average Bonchev–Trinajstić information content (AvgIpc) is 2.39. The van der Waals surface area contributed by atoms with Crippen LogP contribution in [0.25, 0.3) is 0 Å². The summed E-state index contributed by atoms with van der Waals surface area (Å²) in [5.41, 5.74) is 2.37. The van der Waals surface area contributed by atoms with Crippen molar-refractivity contribution >= 4 is 17.4 Å². The number of hydrogen-bond acceptors (Lipinski definition) is 2. The molecule has 1 saturated carbocycles. The molecule has 0 bridgehead atoms. The Bertz CT molecular complexity index is 430. The van der Waals surface area contributed by atoms with E-state index in [9.17, 15) is 4.79 Å². The van der Waals surface area contributed by atoms with Crippen molar-refractivity contribution in [3.63, 3.8) is 0 Å². The van der Waals surface area contributed by atoms with Crippen LogP contribution in [0.2, 0.25) is 0 Å². The lowest BCUT2D eigenvalue weighted by molar-refractivity contribution is -0.117. The van der Waals surface area contributed by atoms with Crippen LogP contribution < -0.4 is 0 Å². The van der Waals surface area contributed by atoms with Crippen molar-refractivity contribution in [1.29, 1.82) is 0 Å². The topological polar surface area (TPSA) is 20.3 Å². The third-order valence-corrected chi connectivity index (χ3v) is 6.18. The van der Waals surface area contributed by atoms with E-state index in [1.165, 1.54) is 12.1 Å². The standard InChI is InChI=1S/C16H24ClNO/c1-9-10(2)16-11(3)15(19)6-7-18(16)14-5-4-12(17)8-13(9)14/h9-10,12-14H,4-8H2,1-3H3. The number of Topliss-reactive ketones (excluding diaryl/α,β-unsaturated/α-hetero) is 1. The minimum Gasteiger partial charge on any atom is -0.371 e. The maximum absolute atomic E-state index is 12.0. The van der Waals surface area contributed by atoms with E-state index < -0.39 is 0 Å². The summed E-state index contributed by atoms with van der Waals surface area (Å²) < 4.78 is 0. The predicted molar refractivity (Wildman–Crippen MR) is 78.1 cm³/mol. The second kappa shape index (κ2) is 4.80. The van der Waals surface area contributed by atoms with Gasteiger partial charge in [-0.25, -0.2) is 0 Å². The van der Waals surface area contributed by atoms with E-state index in [1.54, 1.807) is 0 Å². The van der Waals surface area contributed by atoms with Gasteiger partial charge in [0.1, 0.15) is 0 Å². The van der Waals surface area contributed by atoms with Gasteiger partial charge in [-0.15, -0.1) is 11.6 Å². The Morgan fingerprint density at radius 3 is 2.74 bits per heavy atom. The molecule has 3 aliphatic rings. The van der Waals surface area contributed by atoms with E-state index in [1.807, 2.05) is 6.92 Å². The molecule has 0 spiro atoms. The number of ketones is 1. The van der Waals surface area contributed by atoms with Crippen molar-refractivity contribution in [1.82, 2.24) is 4.90 Å². The molecule has 2 aliphatic heterocycles. The first-order valence-electron chi connectivity index (χ1n) is 7.65. The summed E-state index contributed by atoms with van der Waals surface area (Å²) in [7, 11) is 0. The largest absolute Gasteiger partial charge is 0.371 e. The summed E-state index contributed by atoms with van der Waals surface area (Å²) in [6.07, 6.45) is 4.17. The zero-order chi connectivity index (χ0) is 13.7. The number of hydrogen-bond donors (Lipinski definition) is 0. The van der Waals surface area contributed by atoms with Crippen molar-refractivity contribution in [2.45, 2.75) is 57.9 Å². The number of piperidine rings is 1. The molecule has 0 N–H and O–H groups in total. The molecule has 0 aromatic rings. The fourth-order valence-electron chi connectivity index (χ4n) is 4.54. The van der Waals surface area contributed by atoms with E-state index in [0.717, 1.165) is 25.0 Å². The molecular weight excluding hydrogens is 258 g/mol. The Balaban J connectivity index is 1.99. The van der Waals surface area contributed by atoms with Crippen LogP contribution in [-0.4, -0.2) is 28.6 Å². The number of allylic oxidation sites excluding steroid dienone is 2. The van der Waals surface area contributed by atoms with E-state index in [4.69, 9.17) is 11.6 Å². The fourth-order valence-corrected chi connectivity index (χ4v) is 4.88. The van der Waals surface area contributed by atoms with Gasteiger partial charge in [-0.05, 0) is 43.9 Å². The molecule has 0 amide bonds. The fraction of sp³-hybridized carbons (Fsp3) is 0.812. The summed E-state index contributed by atoms with van der Waals surface area (Å²) in [6.45, 7) is 7.61. The molecule has 3 heteroatoms. The van der Waals surface area contributed by atoms with E-state index in [-0.39, 0.29) is 0 Å². The third-order valence-electron chi connectivity index (χ3n) is 5.79. The summed E-state index contributed by atoms with van der Waals surface area (Å²) in [4.78, 5) is 14.6. The Hall–Kier alpha value is -0.500. The van der Waals surface area contributed by atoms with E-state index in [2.05, 4.69) is 18.7 Å². The molecule has 0 aromatic heterocycles. The molecule has 0 aromatic carbocycles. The van der Waals surface area contributed by atoms with Gasteiger partial charge in [-0.3, -0.25) is 4.79 Å². The molecule has 1 aliphatic carbocycles. The Kier molecular flexibility index (Phi) is 3.41. The highest BCUT2D eigenvalue weighted by Crippen LogP contribution is 2.48. The molecule has 106 valence electrons. The van der Waals surface area contributed by atoms with Crippen molar-refractivity contribution in [3.8, 4) is 0 Å². The number of halogens is 1. The molecule has 2 heterocycles. The summed E-state index contributed by atoms with van der Waals surface area (Å²) in [5.74, 6) is 2.19. The normalized spacial score (nSPS) is 43.1. The lowest BCUT2D eigenvalue weighted by atomic mass is 9.66. The van der Waals surface area contributed by atoms with Gasteiger partial charge in [0.25, 0.3) is 0 Å². The first-order valence-corrected chi connectivity index (χ1v) is 8.09. The number of fused-ring (bicyclic) bond motifs is 3. The smallest absolute Gasteiger partial charge is 0.162 e. The second-order valence-electron chi connectivity index (χ2n) is 6.67. The van der Waals surface area contributed by atoms with Crippen molar-refractivity contribution < 1.29 is 4.79 Å². The number of nitrogens with zero attached hydrogens (tertiary/aromatic N) is 1. The average molecular weight is 282 g/mol. The van der Waals surface area contributed by atoms with Crippen molar-refractivity contribution in [2.75, 3.05) is 6.54 Å². The lowest BCUT2D eigenvalue weighted by Crippen LogP contribution is -2.55. The number of alkyl halides is 1. The van der Waals surface area contributed by atoms with Gasteiger partial charge < -0.3 is 4.90 Å². The van der Waals surface area contributed by atoms with Crippen LogP contribution in [0.4, 0.5) is 0 Å². The molecule has 3 rings (SSSR count). The highest BCUT2D eigenvalue weighted by Gasteiger charge is 2.46. The van der Waals surface area contributed by atoms with E-state index in [0.29, 0.717) is 41.4 Å². The van der Waals surface area contributed by atoms with Crippen LogP contribution in [0.5, 0.6) is 0 Å². The molecule has 0 radical (unpaired) electrons. The molecule has 5 unspecified atom stereocenters. The summed E-state index contributed by atoms with van der Waals surface area (Å²) >= 11 is 6.39. The maximum atomic E-state index is 12.0. The zero-order valence-electron chi connectivity index (χ0n) is 12.2. The van der Waals surface area contributed by atoms with Gasteiger partial charge in [-0.1, -0.05) is 13.8 Å². The lowest BCUT2D eigenvalue weighted by Gasteiger charge is -2.55. The number of carbonyl (C=O) groups is 1. The van der Waals surface area contributed by atoms with Crippen LogP contribution in [0.3, 0.4) is 0 Å². The van der Waals surface area contributed by atoms with Gasteiger partial charge in [0.2, 0.25) is 0 Å². The Morgan fingerprint density at radius 2 is 2.00 bits per heavy atom. The van der Waals surface area contributed by atoms with Gasteiger partial charge in [0.05, 0.1) is 0 Å². The monoisotopic (exact) mass is 281 g/mol. The molecule has 19 heavy (non-hydrogen) atoms. The Labute approximate surface area is 121 Å². The van der Waals surface area contributed by atoms with Gasteiger partial charge in [0, 0.05) is 35.7 Å².